The summed E-state index contributed by atoms with van der Waals surface area (Å²) in [6.07, 6.45) is 0.359. The lowest BCUT2D eigenvalue weighted by atomic mass is 10.1. The molecule has 2 unspecified atom stereocenters. The molecule has 0 radical (unpaired) electrons. The number of rotatable bonds is 4. The Labute approximate surface area is 105 Å². The summed E-state index contributed by atoms with van der Waals surface area (Å²) in [6.45, 7) is 3.78. The molecular formula is C12H17BrN2O. The molecule has 16 heavy (non-hydrogen) atoms. The second-order valence-corrected chi connectivity index (χ2v) is 4.94. The molecule has 0 heterocycles. The molecule has 1 aromatic carbocycles. The van der Waals surface area contributed by atoms with Crippen molar-refractivity contribution < 1.29 is 4.79 Å². The number of carbonyl (C=O) groups is 1. The van der Waals surface area contributed by atoms with Crippen molar-refractivity contribution in [2.24, 2.45) is 5.73 Å². The van der Waals surface area contributed by atoms with Crippen molar-refractivity contribution in [3.63, 3.8) is 0 Å². The first-order valence-electron chi connectivity index (χ1n) is 5.29. The van der Waals surface area contributed by atoms with E-state index in [1.807, 2.05) is 38.1 Å². The second kappa shape index (κ2) is 6.01. The number of nitrogens with two attached hydrogens (primary N) is 1. The fraction of sp³-hybridized carbons (Fsp3) is 0.417. The zero-order valence-electron chi connectivity index (χ0n) is 9.53. The van der Waals surface area contributed by atoms with E-state index in [1.54, 1.807) is 0 Å². The van der Waals surface area contributed by atoms with Gasteiger partial charge in [-0.3, -0.25) is 4.79 Å². The van der Waals surface area contributed by atoms with Crippen LogP contribution in [0.3, 0.4) is 0 Å². The fourth-order valence-electron chi connectivity index (χ4n) is 1.45. The highest BCUT2D eigenvalue weighted by Crippen LogP contribution is 2.17. The number of nitrogens with one attached hydrogen (secondary N) is 1. The summed E-state index contributed by atoms with van der Waals surface area (Å²) in [5.41, 5.74) is 6.64. The molecule has 0 aliphatic carbocycles. The molecule has 0 spiro atoms. The maximum Gasteiger partial charge on any atom is 0.222 e. The van der Waals surface area contributed by atoms with Gasteiger partial charge < -0.3 is 11.1 Å². The standard InChI is InChI=1S/C12H17BrN2O/c1-8(14)6-12(16)15-9(2)10-4-3-5-11(13)7-10/h3-5,7-9H,6,14H2,1-2H3,(H,15,16). The highest BCUT2D eigenvalue weighted by molar-refractivity contribution is 9.10. The van der Waals surface area contributed by atoms with Gasteiger partial charge in [0.1, 0.15) is 0 Å². The van der Waals surface area contributed by atoms with Crippen LogP contribution < -0.4 is 11.1 Å². The molecule has 0 aliphatic rings. The molecule has 0 bridgehead atoms. The van der Waals surface area contributed by atoms with Crippen molar-refractivity contribution in [3.8, 4) is 0 Å². The van der Waals surface area contributed by atoms with Gasteiger partial charge >= 0.3 is 0 Å². The molecule has 0 saturated heterocycles. The van der Waals surface area contributed by atoms with Gasteiger partial charge in [-0.1, -0.05) is 28.1 Å². The van der Waals surface area contributed by atoms with E-state index in [-0.39, 0.29) is 18.0 Å². The maximum atomic E-state index is 11.5. The highest BCUT2D eigenvalue weighted by Gasteiger charge is 2.10. The lowest BCUT2D eigenvalue weighted by Crippen LogP contribution is -2.31. The van der Waals surface area contributed by atoms with Crippen LogP contribution in [0.5, 0.6) is 0 Å². The molecule has 0 fully saturated rings. The minimum atomic E-state index is -0.102. The Bertz CT molecular complexity index is 366. The van der Waals surface area contributed by atoms with Crippen LogP contribution in [-0.4, -0.2) is 11.9 Å². The summed E-state index contributed by atoms with van der Waals surface area (Å²) in [7, 11) is 0. The first-order chi connectivity index (χ1) is 7.49. The van der Waals surface area contributed by atoms with Crippen LogP contribution in [0.15, 0.2) is 28.7 Å². The molecule has 3 nitrogen and oxygen atoms in total. The molecule has 88 valence electrons. The van der Waals surface area contributed by atoms with Gasteiger partial charge in [0.25, 0.3) is 0 Å². The summed E-state index contributed by atoms with van der Waals surface area (Å²) >= 11 is 3.40. The Hall–Kier alpha value is -0.870. The van der Waals surface area contributed by atoms with E-state index in [9.17, 15) is 4.79 Å². The minimum absolute atomic E-state index is 0.00347. The zero-order chi connectivity index (χ0) is 12.1. The monoisotopic (exact) mass is 284 g/mol. The van der Waals surface area contributed by atoms with Gasteiger partial charge in [-0.05, 0) is 31.5 Å². The molecule has 2 atom stereocenters. The fourth-order valence-corrected chi connectivity index (χ4v) is 1.87. The third-order valence-electron chi connectivity index (χ3n) is 2.23. The summed E-state index contributed by atoms with van der Waals surface area (Å²) in [4.78, 5) is 11.5. The number of hydrogen-bond acceptors (Lipinski definition) is 2. The van der Waals surface area contributed by atoms with Crippen LogP contribution in [-0.2, 0) is 4.79 Å². The number of hydrogen-bond donors (Lipinski definition) is 2. The lowest BCUT2D eigenvalue weighted by Gasteiger charge is -2.15. The van der Waals surface area contributed by atoms with Crippen molar-refractivity contribution in [1.82, 2.24) is 5.32 Å². The number of benzene rings is 1. The molecule has 0 aromatic heterocycles. The van der Waals surface area contributed by atoms with E-state index in [4.69, 9.17) is 5.73 Å². The second-order valence-electron chi connectivity index (χ2n) is 4.03. The van der Waals surface area contributed by atoms with Gasteiger partial charge in [0, 0.05) is 16.9 Å². The third-order valence-corrected chi connectivity index (χ3v) is 2.73. The Morgan fingerprint density at radius 2 is 2.19 bits per heavy atom. The van der Waals surface area contributed by atoms with E-state index in [0.717, 1.165) is 10.0 Å². The topological polar surface area (TPSA) is 55.1 Å². The van der Waals surface area contributed by atoms with Crippen molar-refractivity contribution in [2.45, 2.75) is 32.4 Å². The summed E-state index contributed by atoms with van der Waals surface area (Å²) in [5, 5.41) is 2.91. The van der Waals surface area contributed by atoms with Gasteiger partial charge in [0.15, 0.2) is 0 Å². The smallest absolute Gasteiger partial charge is 0.222 e. The number of carbonyl (C=O) groups excluding carboxylic acids is 1. The van der Waals surface area contributed by atoms with Gasteiger partial charge in [-0.15, -0.1) is 0 Å². The van der Waals surface area contributed by atoms with Gasteiger partial charge in [0.2, 0.25) is 5.91 Å². The van der Waals surface area contributed by atoms with Crippen LogP contribution in [0.25, 0.3) is 0 Å². The maximum absolute atomic E-state index is 11.5. The quantitative estimate of drug-likeness (QED) is 0.892. The van der Waals surface area contributed by atoms with Crippen molar-refractivity contribution in [3.05, 3.63) is 34.3 Å². The Morgan fingerprint density at radius 3 is 2.75 bits per heavy atom. The molecule has 0 saturated carbocycles. The van der Waals surface area contributed by atoms with Gasteiger partial charge in [-0.25, -0.2) is 0 Å². The average Bonchev–Trinajstić information content (AvgIpc) is 2.16. The first kappa shape index (κ1) is 13.2. The minimum Gasteiger partial charge on any atom is -0.350 e. The molecular weight excluding hydrogens is 268 g/mol. The van der Waals surface area contributed by atoms with E-state index in [2.05, 4.69) is 21.2 Å². The summed E-state index contributed by atoms with van der Waals surface area (Å²) in [5.74, 6) is -0.0116. The SMILES string of the molecule is CC(N)CC(=O)NC(C)c1cccc(Br)c1. The van der Waals surface area contributed by atoms with E-state index in [1.165, 1.54) is 0 Å². The number of amides is 1. The highest BCUT2D eigenvalue weighted by atomic mass is 79.9. The van der Waals surface area contributed by atoms with Crippen molar-refractivity contribution in [2.75, 3.05) is 0 Å². The van der Waals surface area contributed by atoms with Crippen molar-refractivity contribution in [1.29, 1.82) is 0 Å². The van der Waals surface area contributed by atoms with E-state index >= 15 is 0 Å². The van der Waals surface area contributed by atoms with Crippen LogP contribution in [0.1, 0.15) is 31.9 Å². The lowest BCUT2D eigenvalue weighted by molar-refractivity contribution is -0.122. The Balaban J connectivity index is 2.58. The van der Waals surface area contributed by atoms with Gasteiger partial charge in [-0.2, -0.15) is 0 Å². The normalized spacial score (nSPS) is 14.2. The molecule has 1 rings (SSSR count). The largest absolute Gasteiger partial charge is 0.350 e. The summed E-state index contributed by atoms with van der Waals surface area (Å²) in [6, 6.07) is 7.80. The van der Waals surface area contributed by atoms with E-state index < -0.39 is 0 Å². The molecule has 4 heteroatoms. The van der Waals surface area contributed by atoms with Crippen molar-refractivity contribution >= 4 is 21.8 Å². The molecule has 0 aliphatic heterocycles. The predicted octanol–water partition coefficient (Wildman–Crippen LogP) is 2.36. The Morgan fingerprint density at radius 1 is 1.50 bits per heavy atom. The predicted molar refractivity (Wildman–Crippen MR) is 69.0 cm³/mol. The average molecular weight is 285 g/mol. The third kappa shape index (κ3) is 4.33. The van der Waals surface area contributed by atoms with Crippen LogP contribution in [0, 0.1) is 0 Å². The van der Waals surface area contributed by atoms with Crippen LogP contribution in [0.2, 0.25) is 0 Å². The Kier molecular flexibility index (Phi) is 4.96. The molecule has 1 amide bonds. The number of halogens is 1. The summed E-state index contributed by atoms with van der Waals surface area (Å²) < 4.78 is 1.01. The molecule has 3 N–H and O–H groups in total. The van der Waals surface area contributed by atoms with Gasteiger partial charge in [0.05, 0.1) is 6.04 Å². The van der Waals surface area contributed by atoms with Crippen LogP contribution >= 0.6 is 15.9 Å². The van der Waals surface area contributed by atoms with E-state index in [0.29, 0.717) is 6.42 Å². The zero-order valence-corrected chi connectivity index (χ0v) is 11.1. The molecule has 1 aromatic rings. The van der Waals surface area contributed by atoms with Crippen LogP contribution in [0.4, 0.5) is 0 Å². The first-order valence-corrected chi connectivity index (χ1v) is 6.08.